The maximum Gasteiger partial charge on any atom is 0.0221 e. The minimum absolute atomic E-state index is 0.665. The van der Waals surface area contributed by atoms with Crippen LogP contribution in [0, 0.1) is 0 Å². The van der Waals surface area contributed by atoms with Crippen LogP contribution in [0.5, 0.6) is 0 Å². The van der Waals surface area contributed by atoms with Crippen molar-refractivity contribution < 1.29 is 0 Å². The molecule has 0 amide bonds. The SMILES string of the molecule is NCC1CCCN1C1CCC(c2ccccc2)CC1. The smallest absolute Gasteiger partial charge is 0.0221 e. The second-order valence-electron chi connectivity index (χ2n) is 6.19. The van der Waals surface area contributed by atoms with Gasteiger partial charge in [0, 0.05) is 18.6 Å². The van der Waals surface area contributed by atoms with E-state index in [-0.39, 0.29) is 0 Å². The first-order valence-corrected chi connectivity index (χ1v) is 7.89. The number of rotatable bonds is 3. The zero-order chi connectivity index (χ0) is 13.1. The lowest BCUT2D eigenvalue weighted by molar-refractivity contribution is 0.139. The molecule has 0 spiro atoms. The molecule has 1 saturated carbocycles. The number of hydrogen-bond donors (Lipinski definition) is 1. The number of benzene rings is 1. The van der Waals surface area contributed by atoms with Crippen LogP contribution < -0.4 is 5.73 Å². The van der Waals surface area contributed by atoms with Gasteiger partial charge in [-0.1, -0.05) is 30.3 Å². The second-order valence-corrected chi connectivity index (χ2v) is 6.19. The average Bonchev–Trinajstić information content (AvgIpc) is 2.97. The highest BCUT2D eigenvalue weighted by Crippen LogP contribution is 2.36. The van der Waals surface area contributed by atoms with E-state index in [1.165, 1.54) is 50.6 Å². The fraction of sp³-hybridized carbons (Fsp3) is 0.647. The number of nitrogens with two attached hydrogens (primary N) is 1. The summed E-state index contributed by atoms with van der Waals surface area (Å²) in [5.74, 6) is 0.788. The van der Waals surface area contributed by atoms with Crippen LogP contribution >= 0.6 is 0 Å². The largest absolute Gasteiger partial charge is 0.329 e. The maximum absolute atomic E-state index is 5.91. The highest BCUT2D eigenvalue weighted by molar-refractivity contribution is 5.20. The maximum atomic E-state index is 5.91. The first kappa shape index (κ1) is 13.1. The molecule has 104 valence electrons. The Hall–Kier alpha value is -0.860. The predicted molar refractivity (Wildman–Crippen MR) is 80.2 cm³/mol. The Bertz CT molecular complexity index is 382. The van der Waals surface area contributed by atoms with Crippen molar-refractivity contribution in [3.63, 3.8) is 0 Å². The second kappa shape index (κ2) is 6.06. The molecular weight excluding hydrogens is 232 g/mol. The molecule has 2 N–H and O–H groups in total. The van der Waals surface area contributed by atoms with Crippen LogP contribution in [0.25, 0.3) is 0 Å². The van der Waals surface area contributed by atoms with E-state index >= 15 is 0 Å². The van der Waals surface area contributed by atoms with Gasteiger partial charge < -0.3 is 5.73 Å². The molecule has 0 aromatic heterocycles. The first-order chi connectivity index (χ1) is 9.38. The van der Waals surface area contributed by atoms with Crippen LogP contribution in [0.15, 0.2) is 30.3 Å². The molecule has 1 heterocycles. The lowest BCUT2D eigenvalue weighted by Crippen LogP contribution is -2.44. The highest BCUT2D eigenvalue weighted by Gasteiger charge is 2.32. The van der Waals surface area contributed by atoms with Crippen LogP contribution in [-0.4, -0.2) is 30.1 Å². The van der Waals surface area contributed by atoms with Crippen molar-refractivity contribution in [1.82, 2.24) is 4.90 Å². The number of likely N-dealkylation sites (tertiary alicyclic amines) is 1. The highest BCUT2D eigenvalue weighted by atomic mass is 15.2. The number of hydrogen-bond acceptors (Lipinski definition) is 2. The summed E-state index contributed by atoms with van der Waals surface area (Å²) >= 11 is 0. The zero-order valence-electron chi connectivity index (χ0n) is 11.8. The van der Waals surface area contributed by atoms with Crippen molar-refractivity contribution in [3.8, 4) is 0 Å². The van der Waals surface area contributed by atoms with Gasteiger partial charge in [-0.15, -0.1) is 0 Å². The van der Waals surface area contributed by atoms with Gasteiger partial charge in [0.1, 0.15) is 0 Å². The molecule has 2 fully saturated rings. The van der Waals surface area contributed by atoms with E-state index in [4.69, 9.17) is 5.73 Å². The van der Waals surface area contributed by atoms with Gasteiger partial charge in [0.2, 0.25) is 0 Å². The van der Waals surface area contributed by atoms with Crippen molar-refractivity contribution in [2.24, 2.45) is 5.73 Å². The summed E-state index contributed by atoms with van der Waals surface area (Å²) in [7, 11) is 0. The average molecular weight is 258 g/mol. The summed E-state index contributed by atoms with van der Waals surface area (Å²) in [5, 5.41) is 0. The Morgan fingerprint density at radius 3 is 2.42 bits per heavy atom. The van der Waals surface area contributed by atoms with Crippen molar-refractivity contribution in [1.29, 1.82) is 0 Å². The monoisotopic (exact) mass is 258 g/mol. The summed E-state index contributed by atoms with van der Waals surface area (Å²) in [4.78, 5) is 2.71. The Kier molecular flexibility index (Phi) is 4.19. The molecule has 2 aliphatic rings. The van der Waals surface area contributed by atoms with E-state index in [1.807, 2.05) is 0 Å². The summed E-state index contributed by atoms with van der Waals surface area (Å²) in [5.41, 5.74) is 7.45. The van der Waals surface area contributed by atoms with E-state index in [0.717, 1.165) is 18.5 Å². The number of nitrogens with zero attached hydrogens (tertiary/aromatic N) is 1. The van der Waals surface area contributed by atoms with Gasteiger partial charge in [-0.2, -0.15) is 0 Å². The van der Waals surface area contributed by atoms with Crippen LogP contribution in [0.1, 0.15) is 50.0 Å². The Morgan fingerprint density at radius 2 is 1.74 bits per heavy atom. The van der Waals surface area contributed by atoms with Crippen LogP contribution in [0.3, 0.4) is 0 Å². The normalized spacial score (nSPS) is 32.6. The molecule has 1 aliphatic carbocycles. The van der Waals surface area contributed by atoms with Gasteiger partial charge in [-0.05, 0) is 56.6 Å². The van der Waals surface area contributed by atoms with Gasteiger partial charge in [-0.25, -0.2) is 0 Å². The fourth-order valence-corrected chi connectivity index (χ4v) is 4.06. The quantitative estimate of drug-likeness (QED) is 0.902. The van der Waals surface area contributed by atoms with Gasteiger partial charge in [-0.3, -0.25) is 4.90 Å². The molecular formula is C17H26N2. The van der Waals surface area contributed by atoms with E-state index < -0.39 is 0 Å². The molecule has 1 unspecified atom stereocenters. The Labute approximate surface area is 117 Å². The third-order valence-electron chi connectivity index (χ3n) is 5.13. The molecule has 1 aromatic carbocycles. The van der Waals surface area contributed by atoms with Gasteiger partial charge >= 0.3 is 0 Å². The van der Waals surface area contributed by atoms with Crippen molar-refractivity contribution in [3.05, 3.63) is 35.9 Å². The van der Waals surface area contributed by atoms with E-state index in [9.17, 15) is 0 Å². The standard InChI is InChI=1S/C17H26N2/c18-13-17-7-4-12-19(17)16-10-8-15(9-11-16)14-5-2-1-3-6-14/h1-3,5-6,15-17H,4,7-13,18H2. The third kappa shape index (κ3) is 2.85. The molecule has 1 saturated heterocycles. The lowest BCUT2D eigenvalue weighted by Gasteiger charge is -2.37. The summed E-state index contributed by atoms with van der Waals surface area (Å²) in [6.07, 6.45) is 8.08. The molecule has 0 bridgehead atoms. The molecule has 1 aliphatic heterocycles. The summed E-state index contributed by atoms with van der Waals surface area (Å²) < 4.78 is 0. The van der Waals surface area contributed by atoms with Crippen LogP contribution in [0.2, 0.25) is 0 Å². The summed E-state index contributed by atoms with van der Waals surface area (Å²) in [6.45, 7) is 2.13. The molecule has 2 nitrogen and oxygen atoms in total. The third-order valence-corrected chi connectivity index (χ3v) is 5.13. The molecule has 2 heteroatoms. The minimum atomic E-state index is 0.665. The van der Waals surface area contributed by atoms with Gasteiger partial charge in [0.25, 0.3) is 0 Å². The first-order valence-electron chi connectivity index (χ1n) is 7.89. The Morgan fingerprint density at radius 1 is 1.00 bits per heavy atom. The molecule has 1 aromatic rings. The van der Waals surface area contributed by atoms with Gasteiger partial charge in [0.15, 0.2) is 0 Å². The van der Waals surface area contributed by atoms with Crippen molar-refractivity contribution in [2.45, 2.75) is 56.5 Å². The van der Waals surface area contributed by atoms with Crippen LogP contribution in [-0.2, 0) is 0 Å². The topological polar surface area (TPSA) is 29.3 Å². The molecule has 19 heavy (non-hydrogen) atoms. The van der Waals surface area contributed by atoms with Gasteiger partial charge in [0.05, 0.1) is 0 Å². The van der Waals surface area contributed by atoms with Crippen molar-refractivity contribution >= 4 is 0 Å². The van der Waals surface area contributed by atoms with Crippen molar-refractivity contribution in [2.75, 3.05) is 13.1 Å². The van der Waals surface area contributed by atoms with E-state index in [1.54, 1.807) is 0 Å². The Balaban J connectivity index is 1.58. The molecule has 0 radical (unpaired) electrons. The predicted octanol–water partition coefficient (Wildman–Crippen LogP) is 3.14. The zero-order valence-corrected chi connectivity index (χ0v) is 11.8. The lowest BCUT2D eigenvalue weighted by atomic mass is 9.81. The van der Waals surface area contributed by atoms with E-state index in [0.29, 0.717) is 6.04 Å². The minimum Gasteiger partial charge on any atom is -0.329 e. The molecule has 1 atom stereocenters. The summed E-state index contributed by atoms with van der Waals surface area (Å²) in [6, 6.07) is 12.5. The van der Waals surface area contributed by atoms with Crippen LogP contribution in [0.4, 0.5) is 0 Å². The van der Waals surface area contributed by atoms with E-state index in [2.05, 4.69) is 35.2 Å². The fourth-order valence-electron chi connectivity index (χ4n) is 4.06. The molecule has 3 rings (SSSR count).